The molecule has 118 valence electrons. The minimum atomic E-state index is -3.56. The topological polar surface area (TPSA) is 77.9 Å². The molecule has 0 atom stereocenters. The van der Waals surface area contributed by atoms with Crippen LogP contribution in [0.15, 0.2) is 15.7 Å². The van der Waals surface area contributed by atoms with Crippen LogP contribution in [0.3, 0.4) is 0 Å². The van der Waals surface area contributed by atoms with Gasteiger partial charge in [0.1, 0.15) is 4.21 Å². The van der Waals surface area contributed by atoms with Crippen LogP contribution in [0.1, 0.15) is 24.2 Å². The number of carboxylic acids is 1. The van der Waals surface area contributed by atoms with E-state index in [1.54, 1.807) is 0 Å². The molecule has 0 unspecified atom stereocenters. The minimum absolute atomic E-state index is 0.0250. The molecule has 0 aromatic carbocycles. The second-order valence-corrected chi connectivity index (χ2v) is 8.63. The zero-order chi connectivity index (χ0) is 15.6. The van der Waals surface area contributed by atoms with Gasteiger partial charge in [0.05, 0.1) is 5.56 Å². The molecule has 0 aliphatic carbocycles. The third-order valence-corrected chi connectivity index (χ3v) is 6.68. The average Bonchev–Trinajstić information content (AvgIpc) is 2.89. The van der Waals surface area contributed by atoms with Crippen molar-refractivity contribution < 1.29 is 18.3 Å². The Kier molecular flexibility index (Phi) is 5.03. The molecule has 0 bridgehead atoms. The Bertz CT molecular complexity index is 601. The molecule has 1 aliphatic rings. The summed E-state index contributed by atoms with van der Waals surface area (Å²) in [6.07, 6.45) is 0. The van der Waals surface area contributed by atoms with Crippen LogP contribution < -0.4 is 0 Å². The molecule has 1 fully saturated rings. The second-order valence-electron chi connectivity index (χ2n) is 5.56. The van der Waals surface area contributed by atoms with Crippen molar-refractivity contribution in [2.24, 2.45) is 5.92 Å². The van der Waals surface area contributed by atoms with E-state index in [1.165, 1.54) is 15.8 Å². The SMILES string of the molecule is CC(C)CN1CCN(S(=O)(=O)c2cc(C(=O)O)cs2)CC1. The molecule has 1 aromatic heterocycles. The lowest BCUT2D eigenvalue weighted by molar-refractivity contribution is 0.0697. The Balaban J connectivity index is 2.05. The summed E-state index contributed by atoms with van der Waals surface area (Å²) in [6.45, 7) is 7.59. The molecule has 1 saturated heterocycles. The van der Waals surface area contributed by atoms with Crippen molar-refractivity contribution >= 4 is 27.3 Å². The van der Waals surface area contributed by atoms with Crippen LogP contribution in [0, 0.1) is 5.92 Å². The first kappa shape index (κ1) is 16.4. The van der Waals surface area contributed by atoms with Crippen molar-refractivity contribution in [2.45, 2.75) is 18.1 Å². The van der Waals surface area contributed by atoms with E-state index in [1.807, 2.05) is 0 Å². The summed E-state index contributed by atoms with van der Waals surface area (Å²) in [5.41, 5.74) is 0.0250. The van der Waals surface area contributed by atoms with E-state index in [-0.39, 0.29) is 9.77 Å². The number of sulfonamides is 1. The number of rotatable bonds is 5. The van der Waals surface area contributed by atoms with Gasteiger partial charge >= 0.3 is 5.97 Å². The van der Waals surface area contributed by atoms with E-state index in [9.17, 15) is 13.2 Å². The molecular formula is C13H20N2O4S2. The largest absolute Gasteiger partial charge is 0.478 e. The quantitative estimate of drug-likeness (QED) is 0.882. The van der Waals surface area contributed by atoms with E-state index < -0.39 is 16.0 Å². The van der Waals surface area contributed by atoms with E-state index in [2.05, 4.69) is 18.7 Å². The van der Waals surface area contributed by atoms with Crippen LogP contribution in [0.5, 0.6) is 0 Å². The van der Waals surface area contributed by atoms with Crippen molar-refractivity contribution in [1.29, 1.82) is 0 Å². The number of carboxylic acid groups (broad SMARTS) is 1. The molecule has 0 saturated carbocycles. The van der Waals surface area contributed by atoms with Gasteiger partial charge in [-0.3, -0.25) is 0 Å². The second kappa shape index (κ2) is 6.43. The lowest BCUT2D eigenvalue weighted by atomic mass is 10.2. The smallest absolute Gasteiger partial charge is 0.336 e. The van der Waals surface area contributed by atoms with Gasteiger partial charge in [0, 0.05) is 38.1 Å². The van der Waals surface area contributed by atoms with Crippen LogP contribution in [-0.4, -0.2) is 61.4 Å². The molecule has 2 heterocycles. The van der Waals surface area contributed by atoms with Gasteiger partial charge in [-0.05, 0) is 12.0 Å². The summed E-state index contributed by atoms with van der Waals surface area (Å²) in [6, 6.07) is 1.24. The number of piperazine rings is 1. The predicted molar refractivity (Wildman–Crippen MR) is 81.3 cm³/mol. The molecule has 1 aromatic rings. The van der Waals surface area contributed by atoms with Gasteiger partial charge in [-0.15, -0.1) is 11.3 Å². The molecule has 0 amide bonds. The summed E-state index contributed by atoms with van der Waals surface area (Å²) < 4.78 is 26.5. The average molecular weight is 332 g/mol. The van der Waals surface area contributed by atoms with Gasteiger partial charge < -0.3 is 10.0 Å². The Labute approximate surface area is 129 Å². The zero-order valence-electron chi connectivity index (χ0n) is 12.2. The first-order valence-corrected chi connectivity index (χ1v) is 9.17. The van der Waals surface area contributed by atoms with Gasteiger partial charge in [-0.25, -0.2) is 13.2 Å². The first-order chi connectivity index (χ1) is 9.80. The van der Waals surface area contributed by atoms with Crippen LogP contribution in [0.4, 0.5) is 0 Å². The van der Waals surface area contributed by atoms with Crippen molar-refractivity contribution in [2.75, 3.05) is 32.7 Å². The highest BCUT2D eigenvalue weighted by atomic mass is 32.2. The fraction of sp³-hybridized carbons (Fsp3) is 0.615. The van der Waals surface area contributed by atoms with Gasteiger partial charge in [0.15, 0.2) is 0 Å². The standard InChI is InChI=1S/C13H20N2O4S2/c1-10(2)8-14-3-5-15(6-4-14)21(18,19)12-7-11(9-20-12)13(16)17/h7,9-10H,3-6,8H2,1-2H3,(H,16,17). The third-order valence-electron chi connectivity index (χ3n) is 3.37. The summed E-state index contributed by atoms with van der Waals surface area (Å²) in [4.78, 5) is 13.1. The molecule has 1 aliphatic heterocycles. The van der Waals surface area contributed by atoms with E-state index >= 15 is 0 Å². The summed E-state index contributed by atoms with van der Waals surface area (Å²) in [5.74, 6) is -0.543. The molecule has 2 rings (SSSR count). The number of hydrogen-bond acceptors (Lipinski definition) is 5. The fourth-order valence-corrected chi connectivity index (χ4v) is 5.09. The lowest BCUT2D eigenvalue weighted by Gasteiger charge is -2.34. The van der Waals surface area contributed by atoms with Crippen LogP contribution in [0.25, 0.3) is 0 Å². The van der Waals surface area contributed by atoms with Crippen LogP contribution in [-0.2, 0) is 10.0 Å². The summed E-state index contributed by atoms with van der Waals surface area (Å²) in [7, 11) is -3.56. The Morgan fingerprint density at radius 2 is 1.95 bits per heavy atom. The Hall–Kier alpha value is -0.960. The highest BCUT2D eigenvalue weighted by molar-refractivity contribution is 7.91. The fourth-order valence-electron chi connectivity index (χ4n) is 2.36. The highest BCUT2D eigenvalue weighted by Gasteiger charge is 2.30. The minimum Gasteiger partial charge on any atom is -0.478 e. The van der Waals surface area contributed by atoms with Gasteiger partial charge in [0.2, 0.25) is 0 Å². The number of thiophene rings is 1. The molecule has 21 heavy (non-hydrogen) atoms. The van der Waals surface area contributed by atoms with Gasteiger partial charge in [-0.1, -0.05) is 13.8 Å². The van der Waals surface area contributed by atoms with Crippen LogP contribution >= 0.6 is 11.3 Å². The molecule has 1 N–H and O–H groups in total. The van der Waals surface area contributed by atoms with E-state index in [0.717, 1.165) is 17.9 Å². The van der Waals surface area contributed by atoms with Crippen molar-refractivity contribution in [1.82, 2.24) is 9.21 Å². The molecule has 6 nitrogen and oxygen atoms in total. The number of carbonyl (C=O) groups is 1. The van der Waals surface area contributed by atoms with Gasteiger partial charge in [0.25, 0.3) is 10.0 Å². The van der Waals surface area contributed by atoms with Crippen molar-refractivity contribution in [3.8, 4) is 0 Å². The Morgan fingerprint density at radius 3 is 2.43 bits per heavy atom. The summed E-state index contributed by atoms with van der Waals surface area (Å²) in [5, 5.41) is 10.2. The molecule has 0 spiro atoms. The zero-order valence-corrected chi connectivity index (χ0v) is 13.8. The maximum absolute atomic E-state index is 12.5. The lowest BCUT2D eigenvalue weighted by Crippen LogP contribution is -2.49. The monoisotopic (exact) mass is 332 g/mol. The molecular weight excluding hydrogens is 312 g/mol. The van der Waals surface area contributed by atoms with Crippen molar-refractivity contribution in [3.63, 3.8) is 0 Å². The van der Waals surface area contributed by atoms with E-state index in [4.69, 9.17) is 5.11 Å². The third kappa shape index (κ3) is 3.82. The van der Waals surface area contributed by atoms with Crippen LogP contribution in [0.2, 0.25) is 0 Å². The normalized spacial score (nSPS) is 18.2. The summed E-state index contributed by atoms with van der Waals surface area (Å²) >= 11 is 0.966. The number of aromatic carboxylic acids is 1. The number of nitrogens with zero attached hydrogens (tertiary/aromatic N) is 2. The van der Waals surface area contributed by atoms with Crippen molar-refractivity contribution in [3.05, 3.63) is 17.0 Å². The van der Waals surface area contributed by atoms with Gasteiger partial charge in [-0.2, -0.15) is 4.31 Å². The molecule has 0 radical (unpaired) electrons. The van der Waals surface area contributed by atoms with E-state index in [0.29, 0.717) is 32.1 Å². The highest BCUT2D eigenvalue weighted by Crippen LogP contribution is 2.25. The number of hydrogen-bond donors (Lipinski definition) is 1. The first-order valence-electron chi connectivity index (χ1n) is 6.85. The maximum atomic E-state index is 12.5. The molecule has 8 heteroatoms. The maximum Gasteiger partial charge on any atom is 0.336 e. The predicted octanol–water partition coefficient (Wildman–Crippen LogP) is 1.41. The Morgan fingerprint density at radius 1 is 1.33 bits per heavy atom.